The van der Waals surface area contributed by atoms with Crippen molar-refractivity contribution in [2.24, 2.45) is 5.92 Å². The smallest absolute Gasteiger partial charge is 0.0576 e. The topological polar surface area (TPSA) is 21.3 Å². The summed E-state index contributed by atoms with van der Waals surface area (Å²) >= 11 is 0. The van der Waals surface area contributed by atoms with Gasteiger partial charge in [-0.1, -0.05) is 12.8 Å². The first-order valence-electron chi connectivity index (χ1n) is 6.17. The van der Waals surface area contributed by atoms with Gasteiger partial charge in [0, 0.05) is 12.6 Å². The molecule has 1 heterocycles. The summed E-state index contributed by atoms with van der Waals surface area (Å²) in [6.07, 6.45) is 10.0. The van der Waals surface area contributed by atoms with Gasteiger partial charge in [-0.05, 0) is 45.1 Å². The van der Waals surface area contributed by atoms with E-state index in [1.807, 2.05) is 0 Å². The van der Waals surface area contributed by atoms with E-state index in [2.05, 4.69) is 12.4 Å². The molecule has 0 aromatic rings. The quantitative estimate of drug-likeness (QED) is 0.705. The molecular weight excluding hydrogens is 174 g/mol. The minimum Gasteiger partial charge on any atom is -0.378 e. The molecule has 1 aliphatic carbocycles. The maximum absolute atomic E-state index is 5.64. The maximum Gasteiger partial charge on any atom is 0.0576 e. The Morgan fingerprint density at radius 1 is 1.36 bits per heavy atom. The highest BCUT2D eigenvalue weighted by molar-refractivity contribution is 4.80. The maximum atomic E-state index is 5.64. The van der Waals surface area contributed by atoms with Crippen LogP contribution in [0.2, 0.25) is 0 Å². The molecule has 2 nitrogen and oxygen atoms in total. The van der Waals surface area contributed by atoms with E-state index in [9.17, 15) is 0 Å². The molecule has 0 amide bonds. The van der Waals surface area contributed by atoms with E-state index in [0.717, 1.165) is 18.6 Å². The molecule has 2 rings (SSSR count). The SMILES string of the molecule is CNC(CCC1CCCO1)CC1CC1. The molecule has 14 heavy (non-hydrogen) atoms. The molecule has 0 radical (unpaired) electrons. The Balaban J connectivity index is 1.60. The van der Waals surface area contributed by atoms with E-state index in [-0.39, 0.29) is 0 Å². The largest absolute Gasteiger partial charge is 0.378 e. The molecule has 82 valence electrons. The second-order valence-corrected chi connectivity index (χ2v) is 4.88. The summed E-state index contributed by atoms with van der Waals surface area (Å²) in [4.78, 5) is 0. The van der Waals surface area contributed by atoms with Crippen molar-refractivity contribution in [3.63, 3.8) is 0 Å². The number of nitrogens with one attached hydrogen (secondary N) is 1. The van der Waals surface area contributed by atoms with Crippen LogP contribution in [-0.2, 0) is 4.74 Å². The predicted octanol–water partition coefficient (Wildman–Crippen LogP) is 2.33. The lowest BCUT2D eigenvalue weighted by Gasteiger charge is -2.17. The Bertz CT molecular complexity index is 162. The normalized spacial score (nSPS) is 29.4. The van der Waals surface area contributed by atoms with Gasteiger partial charge in [-0.3, -0.25) is 0 Å². The van der Waals surface area contributed by atoms with Gasteiger partial charge in [0.1, 0.15) is 0 Å². The monoisotopic (exact) mass is 197 g/mol. The molecule has 2 unspecified atom stereocenters. The molecule has 1 N–H and O–H groups in total. The Kier molecular flexibility index (Phi) is 3.82. The minimum atomic E-state index is 0.574. The van der Waals surface area contributed by atoms with E-state index < -0.39 is 0 Å². The van der Waals surface area contributed by atoms with Crippen LogP contribution in [0.15, 0.2) is 0 Å². The minimum absolute atomic E-state index is 0.574. The molecular formula is C12H23NO. The summed E-state index contributed by atoms with van der Waals surface area (Å²) in [7, 11) is 2.10. The predicted molar refractivity (Wildman–Crippen MR) is 58.4 cm³/mol. The summed E-state index contributed by atoms with van der Waals surface area (Å²) < 4.78 is 5.64. The van der Waals surface area contributed by atoms with Crippen LogP contribution in [0.1, 0.15) is 44.9 Å². The molecule has 0 spiro atoms. The first-order chi connectivity index (χ1) is 6.88. The fourth-order valence-corrected chi connectivity index (χ4v) is 2.40. The van der Waals surface area contributed by atoms with Gasteiger partial charge in [-0.15, -0.1) is 0 Å². The van der Waals surface area contributed by atoms with Crippen LogP contribution in [0.4, 0.5) is 0 Å². The van der Waals surface area contributed by atoms with Crippen molar-refractivity contribution in [1.29, 1.82) is 0 Å². The van der Waals surface area contributed by atoms with Gasteiger partial charge in [0.2, 0.25) is 0 Å². The summed E-state index contributed by atoms with van der Waals surface area (Å²) in [5, 5.41) is 3.44. The lowest BCUT2D eigenvalue weighted by atomic mass is 10.0. The molecule has 0 bridgehead atoms. The number of rotatable bonds is 6. The van der Waals surface area contributed by atoms with E-state index in [0.29, 0.717) is 6.10 Å². The first kappa shape index (κ1) is 10.4. The Morgan fingerprint density at radius 2 is 2.21 bits per heavy atom. The van der Waals surface area contributed by atoms with Crippen LogP contribution in [0.5, 0.6) is 0 Å². The molecule has 0 aromatic carbocycles. The van der Waals surface area contributed by atoms with Crippen molar-refractivity contribution in [3.05, 3.63) is 0 Å². The molecule has 2 fully saturated rings. The summed E-state index contributed by atoms with van der Waals surface area (Å²) in [6.45, 7) is 0.998. The van der Waals surface area contributed by atoms with Crippen LogP contribution >= 0.6 is 0 Å². The number of hydrogen-bond donors (Lipinski definition) is 1. The van der Waals surface area contributed by atoms with Gasteiger partial charge in [-0.2, -0.15) is 0 Å². The summed E-state index contributed by atoms with van der Waals surface area (Å²) in [5.74, 6) is 1.04. The van der Waals surface area contributed by atoms with Gasteiger partial charge in [0.05, 0.1) is 6.10 Å². The average Bonchev–Trinajstić information content (AvgIpc) is 2.86. The van der Waals surface area contributed by atoms with Crippen molar-refractivity contribution < 1.29 is 4.74 Å². The zero-order valence-corrected chi connectivity index (χ0v) is 9.30. The molecule has 2 atom stereocenters. The zero-order chi connectivity index (χ0) is 9.80. The number of hydrogen-bond acceptors (Lipinski definition) is 2. The molecule has 2 heteroatoms. The van der Waals surface area contributed by atoms with Gasteiger partial charge in [0.25, 0.3) is 0 Å². The van der Waals surface area contributed by atoms with Crippen LogP contribution in [-0.4, -0.2) is 25.8 Å². The first-order valence-corrected chi connectivity index (χ1v) is 6.17. The van der Waals surface area contributed by atoms with Gasteiger partial charge in [-0.25, -0.2) is 0 Å². The second-order valence-electron chi connectivity index (χ2n) is 4.88. The zero-order valence-electron chi connectivity index (χ0n) is 9.30. The highest BCUT2D eigenvalue weighted by Crippen LogP contribution is 2.34. The van der Waals surface area contributed by atoms with Crippen molar-refractivity contribution in [1.82, 2.24) is 5.32 Å². The Morgan fingerprint density at radius 3 is 2.79 bits per heavy atom. The third kappa shape index (κ3) is 3.25. The highest BCUT2D eigenvalue weighted by Gasteiger charge is 2.25. The summed E-state index contributed by atoms with van der Waals surface area (Å²) in [5.41, 5.74) is 0. The Labute approximate surface area is 87.4 Å². The van der Waals surface area contributed by atoms with Crippen molar-refractivity contribution in [2.75, 3.05) is 13.7 Å². The molecule has 0 aromatic heterocycles. The van der Waals surface area contributed by atoms with Gasteiger partial charge in [0.15, 0.2) is 0 Å². The molecule has 1 saturated carbocycles. The third-order valence-electron chi connectivity index (χ3n) is 3.58. The molecule has 2 aliphatic rings. The standard InChI is InChI=1S/C12H23NO/c1-13-11(9-10-4-5-10)6-7-12-3-2-8-14-12/h10-13H,2-9H2,1H3. The van der Waals surface area contributed by atoms with E-state index in [1.165, 1.54) is 44.9 Å². The van der Waals surface area contributed by atoms with Gasteiger partial charge >= 0.3 is 0 Å². The second kappa shape index (κ2) is 5.13. The van der Waals surface area contributed by atoms with Crippen LogP contribution < -0.4 is 5.32 Å². The molecule has 1 aliphatic heterocycles. The third-order valence-corrected chi connectivity index (χ3v) is 3.58. The van der Waals surface area contributed by atoms with E-state index in [1.54, 1.807) is 0 Å². The van der Waals surface area contributed by atoms with Crippen LogP contribution in [0, 0.1) is 5.92 Å². The van der Waals surface area contributed by atoms with Crippen LogP contribution in [0.25, 0.3) is 0 Å². The lowest BCUT2D eigenvalue weighted by molar-refractivity contribution is 0.0993. The Hall–Kier alpha value is -0.0800. The van der Waals surface area contributed by atoms with Crippen molar-refractivity contribution in [3.8, 4) is 0 Å². The summed E-state index contributed by atoms with van der Waals surface area (Å²) in [6, 6.07) is 0.742. The van der Waals surface area contributed by atoms with Crippen LogP contribution in [0.3, 0.4) is 0 Å². The fourth-order valence-electron chi connectivity index (χ4n) is 2.40. The average molecular weight is 197 g/mol. The highest BCUT2D eigenvalue weighted by atomic mass is 16.5. The molecule has 1 saturated heterocycles. The van der Waals surface area contributed by atoms with Gasteiger partial charge < -0.3 is 10.1 Å². The van der Waals surface area contributed by atoms with E-state index in [4.69, 9.17) is 4.74 Å². The van der Waals surface area contributed by atoms with Crippen molar-refractivity contribution in [2.45, 2.75) is 57.1 Å². The number of ether oxygens (including phenoxy) is 1. The van der Waals surface area contributed by atoms with Crippen molar-refractivity contribution >= 4 is 0 Å². The lowest BCUT2D eigenvalue weighted by Crippen LogP contribution is -2.27. The fraction of sp³-hybridized carbons (Fsp3) is 1.00. The van der Waals surface area contributed by atoms with E-state index >= 15 is 0 Å².